The zero-order chi connectivity index (χ0) is 99.2. The van der Waals surface area contributed by atoms with Crippen molar-refractivity contribution in [3.8, 4) is 55.6 Å². The Morgan fingerprint density at radius 3 is 0.822 bits per heavy atom. The number of hydrogen-bond acceptors (Lipinski definition) is 6. The Balaban J connectivity index is 0.000000121. The maximum atomic E-state index is 14.0. The molecule has 0 atom stereocenters. The molecule has 7 heteroatoms. The first-order chi connectivity index (χ1) is 71.4. The van der Waals surface area contributed by atoms with Crippen LogP contribution in [0.5, 0.6) is 0 Å². The molecule has 704 valence electrons. The highest BCUT2D eigenvalue weighted by Gasteiger charge is 2.42. The van der Waals surface area contributed by atoms with Crippen LogP contribution < -0.4 is 29.4 Å². The van der Waals surface area contributed by atoms with Gasteiger partial charge in [0.25, 0.3) is 0 Å². The SMILES string of the molecule is CC1(C)c2cc(-c3ccc(N(c4ccccc4)c4ccccc4)cc3)ccc2N(c2ccccc2)c2ccc3ccccc3c21.CC1(C)c2cc(-c3ccccc3)ccc2N(c2ccccc2)c2ccc(-c3ccc(N(c4ccccc4)c4ccc5ccccc5c4)cc3)cc21.Cc1cc(N(c2ccccc2)c2ccc(F)cc2)cc(C)c1-c1ccc2c(c1)C(C)(C)c1cc(-c3ccccc3)ccc1N2c1ccccc1. The van der Waals surface area contributed by atoms with E-state index in [1.54, 1.807) is 0 Å². The zero-order valence-electron chi connectivity index (χ0n) is 83.3. The molecule has 0 saturated carbocycles. The van der Waals surface area contributed by atoms with Crippen LogP contribution in [-0.2, 0) is 16.2 Å². The van der Waals surface area contributed by atoms with Gasteiger partial charge in [0.05, 0.1) is 34.1 Å². The predicted molar refractivity (Wildman–Crippen MR) is 615 cm³/mol. The van der Waals surface area contributed by atoms with Crippen LogP contribution in [0.3, 0.4) is 0 Å². The maximum Gasteiger partial charge on any atom is 0.123 e. The summed E-state index contributed by atoms with van der Waals surface area (Å²) in [5, 5.41) is 5.05. The van der Waals surface area contributed by atoms with Gasteiger partial charge in [-0.25, -0.2) is 4.39 Å². The number of halogens is 1. The van der Waals surface area contributed by atoms with Crippen LogP contribution in [0, 0.1) is 19.7 Å². The second-order valence-electron chi connectivity index (χ2n) is 39.9. The van der Waals surface area contributed by atoms with Gasteiger partial charge in [0, 0.05) is 84.5 Å². The molecule has 0 bridgehead atoms. The second-order valence-corrected chi connectivity index (χ2v) is 39.9. The molecule has 0 aromatic heterocycles. The minimum Gasteiger partial charge on any atom is -0.311 e. The van der Waals surface area contributed by atoms with Crippen molar-refractivity contribution in [1.82, 2.24) is 0 Å². The van der Waals surface area contributed by atoms with Crippen LogP contribution >= 0.6 is 0 Å². The first-order valence-electron chi connectivity index (χ1n) is 50.5. The van der Waals surface area contributed by atoms with E-state index in [2.05, 4.69) is 570 Å². The predicted octanol–water partition coefficient (Wildman–Crippen LogP) is 39.2. The van der Waals surface area contributed by atoms with Gasteiger partial charge >= 0.3 is 0 Å². The third-order valence-corrected chi connectivity index (χ3v) is 29.7. The first kappa shape index (κ1) is 91.8. The third-order valence-electron chi connectivity index (χ3n) is 29.7. The summed E-state index contributed by atoms with van der Waals surface area (Å²) >= 11 is 0. The molecule has 0 fully saturated rings. The average molecular weight is 1880 g/mol. The molecule has 146 heavy (non-hydrogen) atoms. The van der Waals surface area contributed by atoms with Crippen LogP contribution in [-0.4, -0.2) is 0 Å². The molecular formula is C139H111FN6. The van der Waals surface area contributed by atoms with Crippen molar-refractivity contribution in [2.24, 2.45) is 0 Å². The van der Waals surface area contributed by atoms with Crippen molar-refractivity contribution in [2.45, 2.75) is 71.6 Å². The molecule has 6 nitrogen and oxygen atoms in total. The van der Waals surface area contributed by atoms with E-state index >= 15 is 0 Å². The molecule has 3 aliphatic rings. The molecule has 0 unspecified atom stereocenters. The number of benzene rings is 22. The molecule has 0 spiro atoms. The third kappa shape index (κ3) is 17.4. The van der Waals surface area contributed by atoms with Crippen molar-refractivity contribution in [2.75, 3.05) is 29.4 Å². The molecule has 0 saturated heterocycles. The minimum absolute atomic E-state index is 0.204. The molecule has 0 radical (unpaired) electrons. The van der Waals surface area contributed by atoms with Gasteiger partial charge in [-0.2, -0.15) is 0 Å². The van der Waals surface area contributed by atoms with E-state index in [1.807, 2.05) is 30.3 Å². The molecule has 22 aromatic carbocycles. The summed E-state index contributed by atoms with van der Waals surface area (Å²) in [7, 11) is 0. The summed E-state index contributed by atoms with van der Waals surface area (Å²) in [5.41, 5.74) is 42.3. The van der Waals surface area contributed by atoms with Crippen LogP contribution in [0.15, 0.2) is 528 Å². The van der Waals surface area contributed by atoms with Crippen molar-refractivity contribution < 1.29 is 4.39 Å². The largest absolute Gasteiger partial charge is 0.311 e. The van der Waals surface area contributed by atoms with E-state index < -0.39 is 0 Å². The number of rotatable bonds is 17. The molecule has 3 heterocycles. The van der Waals surface area contributed by atoms with E-state index in [9.17, 15) is 4.39 Å². The second kappa shape index (κ2) is 38.8. The number of anilines is 18. The highest BCUT2D eigenvalue weighted by Crippen LogP contribution is 2.59. The van der Waals surface area contributed by atoms with Crippen molar-refractivity contribution >= 4 is 124 Å². The maximum absolute atomic E-state index is 14.0. The zero-order valence-corrected chi connectivity index (χ0v) is 83.3. The summed E-state index contributed by atoms with van der Waals surface area (Å²) in [6, 6.07) is 188. The monoisotopic (exact) mass is 1880 g/mol. The quantitative estimate of drug-likeness (QED) is 0.0899. The smallest absolute Gasteiger partial charge is 0.123 e. The normalized spacial score (nSPS) is 13.1. The Morgan fingerprint density at radius 1 is 0.185 bits per heavy atom. The van der Waals surface area contributed by atoms with E-state index in [1.165, 1.54) is 174 Å². The van der Waals surface area contributed by atoms with Gasteiger partial charge in [-0.05, 0) is 360 Å². The van der Waals surface area contributed by atoms with Crippen LogP contribution in [0.2, 0.25) is 0 Å². The van der Waals surface area contributed by atoms with Gasteiger partial charge < -0.3 is 29.4 Å². The van der Waals surface area contributed by atoms with Crippen LogP contribution in [0.1, 0.15) is 86.1 Å². The Kier molecular flexibility index (Phi) is 24.4. The molecular weight excluding hydrogens is 1770 g/mol. The van der Waals surface area contributed by atoms with Gasteiger partial charge in [0.15, 0.2) is 0 Å². The Labute approximate surface area is 857 Å². The Bertz CT molecular complexity index is 8440. The molecule has 22 aromatic rings. The molecule has 0 N–H and O–H groups in total. The molecule has 0 amide bonds. The van der Waals surface area contributed by atoms with Crippen LogP contribution in [0.4, 0.5) is 107 Å². The molecule has 25 rings (SSSR count). The van der Waals surface area contributed by atoms with E-state index in [4.69, 9.17) is 0 Å². The number of nitrogens with zero attached hydrogens (tertiary/aromatic N) is 6. The van der Waals surface area contributed by atoms with Crippen molar-refractivity contribution in [3.63, 3.8) is 0 Å². The fraction of sp³-hybridized carbons (Fsp3) is 0.0791. The topological polar surface area (TPSA) is 19.4 Å². The summed E-state index contributed by atoms with van der Waals surface area (Å²) in [5.74, 6) is -0.246. The highest BCUT2D eigenvalue weighted by molar-refractivity contribution is 6.00. The van der Waals surface area contributed by atoms with Crippen molar-refractivity contribution in [1.29, 1.82) is 0 Å². The van der Waals surface area contributed by atoms with Gasteiger partial charge in [-0.1, -0.05) is 345 Å². The van der Waals surface area contributed by atoms with Crippen LogP contribution in [0.25, 0.3) is 77.2 Å². The number of fused-ring (bicyclic) bond motifs is 9. The summed E-state index contributed by atoms with van der Waals surface area (Å²) in [4.78, 5) is 14.1. The van der Waals surface area contributed by atoms with E-state index in [-0.39, 0.29) is 22.1 Å². The fourth-order valence-corrected chi connectivity index (χ4v) is 22.5. The number of hydrogen-bond donors (Lipinski definition) is 0. The lowest BCUT2D eigenvalue weighted by atomic mass is 9.71. The summed E-state index contributed by atoms with van der Waals surface area (Å²) < 4.78 is 14.0. The lowest BCUT2D eigenvalue weighted by Gasteiger charge is -2.43. The van der Waals surface area contributed by atoms with Gasteiger partial charge in [-0.15, -0.1) is 0 Å². The number of aryl methyl sites for hydroxylation is 2. The summed E-state index contributed by atoms with van der Waals surface area (Å²) in [6.07, 6.45) is 0. The Morgan fingerprint density at radius 2 is 0.438 bits per heavy atom. The standard InChI is InChI=1S/C49H38N2.C47H39FN2.C43H34N2/c1-49(2)45-33-39(35-14-6-3-7-15-35)25-30-47(45)51(42-20-10-5-11-21-42)48-31-26-40(34-46(48)49)37-22-27-43(28-23-37)50(41-18-8-4-9-19-41)44-29-24-36-16-12-13-17-38(36)32-44;1-32-28-41(49(38-16-10-6-11-17-38)40-24-22-37(48)23-25-40)29-33(2)46(32)36-21-27-45-43(31-36)47(3,4)42-30-35(34-14-8-5-9-15-34)20-26-44(42)50(45)39-18-12-7-13-19-39;1-43(2)39-30-33(31-22-26-37(27-23-31)44(34-15-6-3-7-16-34)35-17-8-4-9-18-35)25-28-40(39)45(36-19-10-5-11-20-36)41-29-24-32-14-12-13-21-38(32)42(41)43/h3-34H,1-2H3;5-31H,1-4H3;3-30H,1-2H3. The van der Waals surface area contributed by atoms with Gasteiger partial charge in [0.1, 0.15) is 5.82 Å². The first-order valence-corrected chi connectivity index (χ1v) is 50.5. The van der Waals surface area contributed by atoms with Gasteiger partial charge in [0.2, 0.25) is 0 Å². The summed E-state index contributed by atoms with van der Waals surface area (Å²) in [6.45, 7) is 18.6. The number of para-hydroxylation sites is 7. The van der Waals surface area contributed by atoms with E-state index in [0.717, 1.165) is 62.6 Å². The lowest BCUT2D eigenvalue weighted by molar-refractivity contribution is 0.628. The molecule has 3 aliphatic heterocycles. The van der Waals surface area contributed by atoms with E-state index in [0.29, 0.717) is 0 Å². The molecule has 0 aliphatic carbocycles. The minimum atomic E-state index is -0.259. The highest BCUT2D eigenvalue weighted by atomic mass is 19.1. The lowest BCUT2D eigenvalue weighted by Crippen LogP contribution is -2.31. The average Bonchev–Trinajstić information content (AvgIpc) is 0.720. The van der Waals surface area contributed by atoms with Gasteiger partial charge in [-0.3, -0.25) is 0 Å². The Hall–Kier alpha value is -17.9. The fourth-order valence-electron chi connectivity index (χ4n) is 22.5. The van der Waals surface area contributed by atoms with Crippen molar-refractivity contribution in [3.05, 3.63) is 578 Å².